The number of rotatable bonds is 6. The molecule has 0 aliphatic carbocycles. The number of amides is 4. The first-order valence-electron chi connectivity index (χ1n) is 8.31. The van der Waals surface area contributed by atoms with E-state index < -0.39 is 47.1 Å². The van der Waals surface area contributed by atoms with Gasteiger partial charge in [0.2, 0.25) is 5.91 Å². The molecule has 1 aromatic rings. The van der Waals surface area contributed by atoms with Crippen LogP contribution < -0.4 is 16.4 Å². The topological polar surface area (TPSA) is 211 Å². The first kappa shape index (κ1) is 21.3. The fourth-order valence-corrected chi connectivity index (χ4v) is 3.59. The Hall–Kier alpha value is -3.44. The zero-order valence-corrected chi connectivity index (χ0v) is 16.5. The number of urea groups is 1. The highest BCUT2D eigenvalue weighted by Gasteiger charge is 2.53. The first-order chi connectivity index (χ1) is 14.0. The Balaban J connectivity index is 1.94. The molecule has 1 aromatic heterocycles. The van der Waals surface area contributed by atoms with Gasteiger partial charge in [0.15, 0.2) is 5.84 Å². The average molecular weight is 446 g/mol. The van der Waals surface area contributed by atoms with Crippen molar-refractivity contribution in [3.05, 3.63) is 17.5 Å². The van der Waals surface area contributed by atoms with E-state index in [1.807, 2.05) is 0 Å². The van der Waals surface area contributed by atoms with Gasteiger partial charge < -0.3 is 21.3 Å². The Morgan fingerprint density at radius 3 is 2.77 bits per heavy atom. The van der Waals surface area contributed by atoms with Gasteiger partial charge in [-0.3, -0.25) is 18.9 Å². The number of likely N-dealkylation sites (N-methyl/N-ethyl adjacent to an activating group) is 1. The summed E-state index contributed by atoms with van der Waals surface area (Å²) in [6, 6.07) is -2.70. The quantitative estimate of drug-likeness (QED) is 0.121. The second-order valence-corrected chi connectivity index (χ2v) is 7.22. The molecule has 2 bridgehead atoms. The highest BCUT2D eigenvalue weighted by Crippen LogP contribution is 2.44. The number of hydrogen-bond donors (Lipinski definition) is 4. The lowest BCUT2D eigenvalue weighted by atomic mass is 9.97. The number of hydrogen-bond acceptors (Lipinski definition) is 9. The maximum atomic E-state index is 12.8. The van der Waals surface area contributed by atoms with Crippen molar-refractivity contribution >= 4 is 34.3 Å². The van der Waals surface area contributed by atoms with Gasteiger partial charge in [0.25, 0.3) is 0 Å². The third-order valence-corrected chi connectivity index (χ3v) is 4.70. The van der Waals surface area contributed by atoms with E-state index in [1.54, 1.807) is 7.05 Å². The van der Waals surface area contributed by atoms with Crippen molar-refractivity contribution in [2.75, 3.05) is 20.1 Å². The van der Waals surface area contributed by atoms with Crippen LogP contribution in [0.5, 0.6) is 0 Å². The summed E-state index contributed by atoms with van der Waals surface area (Å²) in [6.07, 6.45) is 0.348. The first-order valence-corrected chi connectivity index (χ1v) is 9.67. The maximum absolute atomic E-state index is 12.8. The normalized spacial score (nSPS) is 20.8. The molecule has 5 N–H and O–H groups in total. The molecule has 0 radical (unpaired) electrons. The van der Waals surface area contributed by atoms with Crippen LogP contribution >= 0.6 is 0 Å². The number of nitrogens with zero attached hydrogens (tertiary/aromatic N) is 5. The van der Waals surface area contributed by atoms with Crippen LogP contribution in [-0.2, 0) is 31.4 Å². The van der Waals surface area contributed by atoms with Gasteiger partial charge >= 0.3 is 22.5 Å². The summed E-state index contributed by atoms with van der Waals surface area (Å²) in [6.45, 7) is -0.487. The summed E-state index contributed by atoms with van der Waals surface area (Å²) in [5.41, 5.74) is 5.80. The van der Waals surface area contributed by atoms with Crippen LogP contribution in [-0.4, -0.2) is 76.7 Å². The van der Waals surface area contributed by atoms with Crippen molar-refractivity contribution in [3.8, 4) is 0 Å². The highest BCUT2D eigenvalue weighted by molar-refractivity contribution is 7.80. The second kappa shape index (κ2) is 7.76. The average Bonchev–Trinajstić information content (AvgIpc) is 3.16. The van der Waals surface area contributed by atoms with E-state index in [1.165, 1.54) is 22.8 Å². The Labute approximate surface area is 169 Å². The van der Waals surface area contributed by atoms with E-state index in [9.17, 15) is 22.8 Å². The molecule has 1 saturated heterocycles. The third kappa shape index (κ3) is 3.98. The van der Waals surface area contributed by atoms with Gasteiger partial charge in [-0.05, 0) is 0 Å². The number of carbonyl (C=O) groups excluding carboxylic acids is 3. The van der Waals surface area contributed by atoms with Crippen molar-refractivity contribution in [3.63, 3.8) is 0 Å². The summed E-state index contributed by atoms with van der Waals surface area (Å²) in [5.74, 6) is -0.793. The van der Waals surface area contributed by atoms with Crippen LogP contribution in [0.15, 0.2) is 11.4 Å². The van der Waals surface area contributed by atoms with Gasteiger partial charge in [-0.15, -0.1) is 4.28 Å². The van der Waals surface area contributed by atoms with Gasteiger partial charge in [-0.25, -0.2) is 9.59 Å². The third-order valence-electron chi connectivity index (χ3n) is 4.35. The monoisotopic (exact) mass is 446 g/mol. The molecular weight excluding hydrogens is 428 g/mol. The standard InChI is InChI=1S/C13H18N8O8S/c1-15-11(18-28-12(23)16-4-8(14)22)10-9-6(3-17-19(9)2)7-5-20(10)13(24)21(7)29-30(25,26)27/h3,7,10H,4-5H2,1-2H3,(H2,14,22)(H,15,18)(H,16,23)(H,25,26,27)/t7-,10+/m1/s1. The Morgan fingerprint density at radius 1 is 1.47 bits per heavy atom. The fourth-order valence-electron chi connectivity index (χ4n) is 3.22. The molecular formula is C13H18N8O8S. The van der Waals surface area contributed by atoms with Crippen LogP contribution in [0.4, 0.5) is 9.59 Å². The molecule has 3 rings (SSSR count). The number of hydroxylamine groups is 2. The lowest BCUT2D eigenvalue weighted by Gasteiger charge is -2.31. The van der Waals surface area contributed by atoms with E-state index in [-0.39, 0.29) is 12.4 Å². The number of carbonyl (C=O) groups is 3. The van der Waals surface area contributed by atoms with Crippen molar-refractivity contribution < 1.29 is 36.5 Å². The minimum absolute atomic E-state index is 0.00502. The molecule has 0 aromatic carbocycles. The number of aromatic nitrogens is 2. The minimum Gasteiger partial charge on any atom is -0.372 e. The minimum atomic E-state index is -4.96. The molecule has 0 spiro atoms. The Bertz CT molecular complexity index is 1020. The molecule has 16 nitrogen and oxygen atoms in total. The Kier molecular flexibility index (Phi) is 5.51. The van der Waals surface area contributed by atoms with Gasteiger partial charge in [0.05, 0.1) is 25.0 Å². The lowest BCUT2D eigenvalue weighted by molar-refractivity contribution is -0.117. The van der Waals surface area contributed by atoms with Crippen LogP contribution in [0.1, 0.15) is 23.3 Å². The number of nitrogens with one attached hydrogen (secondary N) is 2. The molecule has 164 valence electrons. The number of oxime groups is 1. The summed E-state index contributed by atoms with van der Waals surface area (Å²) < 4.78 is 37.2. The summed E-state index contributed by atoms with van der Waals surface area (Å²) in [5, 5.41) is 13.1. The summed E-state index contributed by atoms with van der Waals surface area (Å²) >= 11 is 0. The van der Waals surface area contributed by atoms with E-state index in [0.29, 0.717) is 16.3 Å². The van der Waals surface area contributed by atoms with Crippen LogP contribution in [0, 0.1) is 0 Å². The molecule has 2 atom stereocenters. The van der Waals surface area contributed by atoms with E-state index in [0.717, 1.165) is 0 Å². The second-order valence-electron chi connectivity index (χ2n) is 6.22. The smallest absolute Gasteiger partial charge is 0.372 e. The SMILES string of the molecule is CN/C(=N\OC(=O)NCC(N)=O)[C@@H]1c2c(cnn2C)[C@H]2CN1C(=O)N2OS(=O)(=O)O. The number of aryl methyl sites for hydroxylation is 1. The van der Waals surface area contributed by atoms with Crippen LogP contribution in [0.25, 0.3) is 0 Å². The van der Waals surface area contributed by atoms with E-state index in [4.69, 9.17) is 15.1 Å². The largest absolute Gasteiger partial charge is 0.433 e. The predicted octanol–water partition coefficient (Wildman–Crippen LogP) is -2.27. The zero-order valence-electron chi connectivity index (χ0n) is 15.7. The van der Waals surface area contributed by atoms with Crippen molar-refractivity contribution in [1.82, 2.24) is 30.4 Å². The molecule has 17 heteroatoms. The van der Waals surface area contributed by atoms with Crippen molar-refractivity contribution in [1.29, 1.82) is 0 Å². The molecule has 4 amide bonds. The molecule has 30 heavy (non-hydrogen) atoms. The molecule has 1 fully saturated rings. The highest BCUT2D eigenvalue weighted by atomic mass is 32.3. The molecule has 3 heterocycles. The molecule has 2 aliphatic rings. The Morgan fingerprint density at radius 2 is 2.17 bits per heavy atom. The fraction of sp³-hybridized carbons (Fsp3) is 0.462. The van der Waals surface area contributed by atoms with Gasteiger partial charge in [-0.2, -0.15) is 18.6 Å². The molecule has 0 unspecified atom stereocenters. The summed E-state index contributed by atoms with van der Waals surface area (Å²) in [4.78, 5) is 41.0. The zero-order chi connectivity index (χ0) is 22.2. The number of fused-ring (bicyclic) bond motifs is 4. The van der Waals surface area contributed by atoms with E-state index >= 15 is 0 Å². The summed E-state index contributed by atoms with van der Waals surface area (Å²) in [7, 11) is -1.92. The van der Waals surface area contributed by atoms with Gasteiger partial charge in [-0.1, -0.05) is 5.16 Å². The lowest BCUT2D eigenvalue weighted by Crippen LogP contribution is -2.44. The van der Waals surface area contributed by atoms with Gasteiger partial charge in [0.1, 0.15) is 12.1 Å². The van der Waals surface area contributed by atoms with Gasteiger partial charge in [0, 0.05) is 19.7 Å². The molecule has 0 saturated carbocycles. The van der Waals surface area contributed by atoms with Crippen LogP contribution in [0.3, 0.4) is 0 Å². The van der Waals surface area contributed by atoms with Crippen LogP contribution in [0.2, 0.25) is 0 Å². The van der Waals surface area contributed by atoms with E-state index in [2.05, 4.69) is 25.2 Å². The number of amidine groups is 1. The maximum Gasteiger partial charge on any atom is 0.433 e. The number of primary amides is 1. The molecule has 2 aliphatic heterocycles. The number of nitrogens with two attached hydrogens (primary N) is 1. The van der Waals surface area contributed by atoms with Crippen molar-refractivity contribution in [2.24, 2.45) is 17.9 Å². The van der Waals surface area contributed by atoms with Crippen molar-refractivity contribution in [2.45, 2.75) is 12.1 Å². The predicted molar refractivity (Wildman–Crippen MR) is 95.4 cm³/mol.